The molecular formula is C28H20F3N3O4. The first-order valence-corrected chi connectivity index (χ1v) is 11.3. The maximum absolute atomic E-state index is 13.2. The van der Waals surface area contributed by atoms with Gasteiger partial charge in [-0.3, -0.25) is 14.8 Å². The number of rotatable bonds is 6. The van der Waals surface area contributed by atoms with Crippen LogP contribution in [0.3, 0.4) is 0 Å². The number of primary amides is 1. The first kappa shape index (κ1) is 24.8. The van der Waals surface area contributed by atoms with Crippen molar-refractivity contribution in [1.29, 1.82) is 0 Å². The predicted molar refractivity (Wildman–Crippen MR) is 136 cm³/mol. The number of benzene rings is 3. The van der Waals surface area contributed by atoms with Gasteiger partial charge in [-0.05, 0) is 59.3 Å². The highest BCUT2D eigenvalue weighted by Gasteiger charge is 2.31. The summed E-state index contributed by atoms with van der Waals surface area (Å²) in [6, 6.07) is 15.2. The third-order valence-corrected chi connectivity index (χ3v) is 6.01. The molecular weight excluding hydrogens is 499 g/mol. The molecule has 0 saturated carbocycles. The lowest BCUT2D eigenvalue weighted by Gasteiger charge is -2.14. The second kappa shape index (κ2) is 9.55. The van der Waals surface area contributed by atoms with Crippen LogP contribution in [0, 0.1) is 0 Å². The Hall–Kier alpha value is -4.86. The van der Waals surface area contributed by atoms with E-state index >= 15 is 0 Å². The number of aromatic nitrogens is 2. The first-order chi connectivity index (χ1) is 18.2. The smallest absolute Gasteiger partial charge is 0.416 e. The van der Waals surface area contributed by atoms with Gasteiger partial charge in [0.15, 0.2) is 11.5 Å². The monoisotopic (exact) mass is 519 g/mol. The summed E-state index contributed by atoms with van der Waals surface area (Å²) in [5, 5.41) is 1.95. The minimum Gasteiger partial charge on any atom is -0.493 e. The molecule has 7 nitrogen and oxygen atoms in total. The van der Waals surface area contributed by atoms with Crippen molar-refractivity contribution in [2.75, 3.05) is 14.2 Å². The number of nitrogens with two attached hydrogens (primary N) is 1. The molecule has 0 unspecified atom stereocenters. The molecule has 0 bridgehead atoms. The molecule has 0 aliphatic rings. The summed E-state index contributed by atoms with van der Waals surface area (Å²) in [6.07, 6.45) is -1.90. The number of nitrogens with zero attached hydrogens (tertiary/aromatic N) is 2. The van der Waals surface area contributed by atoms with Crippen molar-refractivity contribution in [3.63, 3.8) is 0 Å². The van der Waals surface area contributed by atoms with Crippen molar-refractivity contribution in [1.82, 2.24) is 9.97 Å². The molecule has 5 aromatic rings. The van der Waals surface area contributed by atoms with Gasteiger partial charge in [0.1, 0.15) is 11.5 Å². The highest BCUT2D eigenvalue weighted by atomic mass is 19.4. The zero-order chi connectivity index (χ0) is 27.0. The van der Waals surface area contributed by atoms with Crippen LogP contribution in [-0.2, 0) is 6.18 Å². The molecule has 2 heterocycles. The second-order valence-corrected chi connectivity index (χ2v) is 8.33. The summed E-state index contributed by atoms with van der Waals surface area (Å²) in [4.78, 5) is 20.7. The molecule has 2 N–H and O–H groups in total. The topological polar surface area (TPSA) is 96.6 Å². The van der Waals surface area contributed by atoms with Crippen LogP contribution < -0.4 is 19.9 Å². The zero-order valence-electron chi connectivity index (χ0n) is 20.2. The Morgan fingerprint density at radius 1 is 0.816 bits per heavy atom. The highest BCUT2D eigenvalue weighted by molar-refractivity contribution is 6.04. The largest absolute Gasteiger partial charge is 0.493 e. The van der Waals surface area contributed by atoms with Gasteiger partial charge in [0, 0.05) is 35.0 Å². The average Bonchev–Trinajstić information content (AvgIpc) is 2.91. The Morgan fingerprint density at radius 2 is 1.55 bits per heavy atom. The van der Waals surface area contributed by atoms with Gasteiger partial charge >= 0.3 is 6.18 Å². The second-order valence-electron chi connectivity index (χ2n) is 8.33. The van der Waals surface area contributed by atoms with E-state index in [4.69, 9.17) is 19.9 Å². The maximum atomic E-state index is 13.2. The number of halogens is 3. The van der Waals surface area contributed by atoms with Gasteiger partial charge in [-0.15, -0.1) is 0 Å². The third-order valence-electron chi connectivity index (χ3n) is 6.01. The van der Waals surface area contributed by atoms with E-state index in [-0.39, 0.29) is 16.8 Å². The molecule has 0 aliphatic carbocycles. The Labute approximate surface area is 214 Å². The molecule has 1 amide bonds. The molecule has 0 spiro atoms. The number of methoxy groups -OCH3 is 2. The molecule has 10 heteroatoms. The van der Waals surface area contributed by atoms with E-state index in [2.05, 4.69) is 9.97 Å². The van der Waals surface area contributed by atoms with Crippen molar-refractivity contribution in [3.05, 3.63) is 84.2 Å². The van der Waals surface area contributed by atoms with Crippen LogP contribution in [0.4, 0.5) is 13.2 Å². The number of amides is 1. The number of pyridine rings is 2. The number of hydrogen-bond donors (Lipinski definition) is 1. The van der Waals surface area contributed by atoms with Crippen LogP contribution in [0.2, 0.25) is 0 Å². The van der Waals surface area contributed by atoms with E-state index in [9.17, 15) is 18.0 Å². The fourth-order valence-corrected chi connectivity index (χ4v) is 4.17. The minimum atomic E-state index is -4.56. The van der Waals surface area contributed by atoms with Crippen LogP contribution in [0.5, 0.6) is 23.0 Å². The fourth-order valence-electron chi connectivity index (χ4n) is 4.17. The fraction of sp³-hybridized carbons (Fsp3) is 0.107. The summed E-state index contributed by atoms with van der Waals surface area (Å²) in [7, 11) is 3.07. The van der Waals surface area contributed by atoms with Crippen LogP contribution in [-0.4, -0.2) is 30.1 Å². The maximum Gasteiger partial charge on any atom is 0.416 e. The predicted octanol–water partition coefficient (Wildman–Crippen LogP) is 6.38. The minimum absolute atomic E-state index is 0.0107. The summed E-state index contributed by atoms with van der Waals surface area (Å²) < 4.78 is 56.6. The number of alkyl halides is 3. The molecule has 2 aromatic heterocycles. The Balaban J connectivity index is 1.57. The molecule has 0 aliphatic heterocycles. The molecule has 0 fully saturated rings. The van der Waals surface area contributed by atoms with Gasteiger partial charge < -0.3 is 19.9 Å². The SMILES string of the molecule is COc1cc2nccc(Oc3ccc4cc(-c5cc(C(F)(F)F)ccn5)c(C(N)=O)cc4c3)c2cc1OC. The van der Waals surface area contributed by atoms with E-state index < -0.39 is 17.6 Å². The van der Waals surface area contributed by atoms with Crippen molar-refractivity contribution >= 4 is 27.6 Å². The number of carbonyl (C=O) groups is 1. The van der Waals surface area contributed by atoms with Crippen LogP contribution in [0.15, 0.2) is 73.1 Å². The van der Waals surface area contributed by atoms with Crippen molar-refractivity contribution in [2.45, 2.75) is 6.18 Å². The van der Waals surface area contributed by atoms with Gasteiger partial charge in [0.25, 0.3) is 0 Å². The van der Waals surface area contributed by atoms with Gasteiger partial charge in [0.2, 0.25) is 5.91 Å². The number of hydrogen-bond acceptors (Lipinski definition) is 6. The summed E-state index contributed by atoms with van der Waals surface area (Å²) in [5.74, 6) is 1.21. The van der Waals surface area contributed by atoms with Crippen LogP contribution >= 0.6 is 0 Å². The first-order valence-electron chi connectivity index (χ1n) is 11.3. The van der Waals surface area contributed by atoms with Crippen LogP contribution in [0.1, 0.15) is 15.9 Å². The normalized spacial score (nSPS) is 11.5. The average molecular weight is 519 g/mol. The van der Waals surface area contributed by atoms with E-state index in [1.807, 2.05) is 0 Å². The quantitative estimate of drug-likeness (QED) is 0.280. The molecule has 0 saturated heterocycles. The molecule has 0 atom stereocenters. The van der Waals surface area contributed by atoms with Gasteiger partial charge in [0.05, 0.1) is 31.0 Å². The van der Waals surface area contributed by atoms with Crippen molar-refractivity contribution < 1.29 is 32.2 Å². The molecule has 3 aromatic carbocycles. The molecule has 38 heavy (non-hydrogen) atoms. The standard InChI is InChI=1S/C28H20F3N3O4/c1-36-25-13-21-23(14-26(25)37-2)34-8-6-24(21)38-18-4-3-15-10-19(20(27(32)35)11-16(15)9-18)22-12-17(5-7-33-22)28(29,30)31/h3-14H,1-2H3,(H2,32,35). The summed E-state index contributed by atoms with van der Waals surface area (Å²) in [5.41, 5.74) is 5.58. The van der Waals surface area contributed by atoms with E-state index in [1.165, 1.54) is 20.3 Å². The Morgan fingerprint density at radius 3 is 2.26 bits per heavy atom. The number of carbonyl (C=O) groups excluding carboxylic acids is 1. The van der Waals surface area contributed by atoms with Crippen molar-refractivity contribution in [2.24, 2.45) is 5.73 Å². The van der Waals surface area contributed by atoms with Gasteiger partial charge in [-0.1, -0.05) is 6.07 Å². The van der Waals surface area contributed by atoms with E-state index in [0.717, 1.165) is 18.3 Å². The summed E-state index contributed by atoms with van der Waals surface area (Å²) in [6.45, 7) is 0. The summed E-state index contributed by atoms with van der Waals surface area (Å²) >= 11 is 0. The van der Waals surface area contributed by atoms with Gasteiger partial charge in [-0.2, -0.15) is 13.2 Å². The van der Waals surface area contributed by atoms with Crippen LogP contribution in [0.25, 0.3) is 32.9 Å². The van der Waals surface area contributed by atoms with E-state index in [0.29, 0.717) is 44.7 Å². The molecule has 0 radical (unpaired) electrons. The number of fused-ring (bicyclic) bond motifs is 2. The lowest BCUT2D eigenvalue weighted by Crippen LogP contribution is -2.13. The van der Waals surface area contributed by atoms with Gasteiger partial charge in [-0.25, -0.2) is 0 Å². The molecule has 192 valence electrons. The Bertz CT molecular complexity index is 1700. The number of ether oxygens (including phenoxy) is 3. The van der Waals surface area contributed by atoms with Crippen molar-refractivity contribution in [3.8, 4) is 34.3 Å². The zero-order valence-corrected chi connectivity index (χ0v) is 20.2. The highest BCUT2D eigenvalue weighted by Crippen LogP contribution is 2.38. The lowest BCUT2D eigenvalue weighted by molar-refractivity contribution is -0.137. The Kier molecular flexibility index (Phi) is 6.23. The molecule has 5 rings (SSSR count). The van der Waals surface area contributed by atoms with E-state index in [1.54, 1.807) is 48.7 Å². The lowest BCUT2D eigenvalue weighted by atomic mass is 9.97. The third kappa shape index (κ3) is 4.63.